The van der Waals surface area contributed by atoms with Gasteiger partial charge < -0.3 is 10.6 Å². The van der Waals surface area contributed by atoms with Crippen molar-refractivity contribution >= 4 is 34.7 Å². The van der Waals surface area contributed by atoms with Gasteiger partial charge in [0.1, 0.15) is 11.6 Å². The number of carbonyl (C=O) groups excluding carboxylic acids is 1. The number of nitrogens with zero attached hydrogens (tertiary/aromatic N) is 1. The Morgan fingerprint density at radius 1 is 1.00 bits per heavy atom. The molecular formula is C18H13ClFN3O. The first-order valence-electron chi connectivity index (χ1n) is 7.16. The fourth-order valence-electron chi connectivity index (χ4n) is 2.10. The second-order valence-electron chi connectivity index (χ2n) is 5.00. The number of anilines is 3. The van der Waals surface area contributed by atoms with E-state index in [9.17, 15) is 9.18 Å². The highest BCUT2D eigenvalue weighted by atomic mass is 35.5. The number of aromatic nitrogens is 1. The summed E-state index contributed by atoms with van der Waals surface area (Å²) in [5, 5.41) is 6.33. The molecule has 0 saturated heterocycles. The Morgan fingerprint density at radius 3 is 2.54 bits per heavy atom. The largest absolute Gasteiger partial charge is 0.340 e. The first kappa shape index (κ1) is 16.0. The van der Waals surface area contributed by atoms with Gasteiger partial charge in [-0.05, 0) is 42.5 Å². The number of benzene rings is 2. The van der Waals surface area contributed by atoms with E-state index in [0.29, 0.717) is 16.5 Å². The molecule has 0 bridgehead atoms. The van der Waals surface area contributed by atoms with E-state index in [1.165, 1.54) is 24.4 Å². The van der Waals surface area contributed by atoms with E-state index < -0.39 is 11.7 Å². The maximum Gasteiger partial charge on any atom is 0.258 e. The van der Waals surface area contributed by atoms with Gasteiger partial charge in [0.2, 0.25) is 0 Å². The third-order valence-corrected chi connectivity index (χ3v) is 3.47. The van der Waals surface area contributed by atoms with Crippen LogP contribution in [0.4, 0.5) is 21.6 Å². The van der Waals surface area contributed by atoms with Crippen LogP contribution in [0.3, 0.4) is 0 Å². The molecule has 0 radical (unpaired) electrons. The van der Waals surface area contributed by atoms with Crippen LogP contribution >= 0.6 is 11.6 Å². The van der Waals surface area contributed by atoms with Gasteiger partial charge in [-0.3, -0.25) is 4.79 Å². The maximum absolute atomic E-state index is 13.6. The van der Waals surface area contributed by atoms with Crippen molar-refractivity contribution in [2.24, 2.45) is 0 Å². The molecule has 0 aliphatic carbocycles. The lowest BCUT2D eigenvalue weighted by Crippen LogP contribution is -2.13. The van der Waals surface area contributed by atoms with Crippen molar-refractivity contribution in [1.29, 1.82) is 0 Å². The van der Waals surface area contributed by atoms with Crippen LogP contribution in [0.2, 0.25) is 5.02 Å². The summed E-state index contributed by atoms with van der Waals surface area (Å²) in [6, 6.07) is 16.4. The summed E-state index contributed by atoms with van der Waals surface area (Å²) in [7, 11) is 0. The molecule has 0 saturated carbocycles. The Hall–Kier alpha value is -2.92. The minimum absolute atomic E-state index is 0.0152. The van der Waals surface area contributed by atoms with Gasteiger partial charge in [-0.15, -0.1) is 0 Å². The van der Waals surface area contributed by atoms with E-state index in [0.717, 1.165) is 5.69 Å². The molecule has 3 aromatic rings. The summed E-state index contributed by atoms with van der Waals surface area (Å²) < 4.78 is 13.6. The molecule has 2 aromatic carbocycles. The summed E-state index contributed by atoms with van der Waals surface area (Å²) in [4.78, 5) is 16.2. The predicted molar refractivity (Wildman–Crippen MR) is 93.3 cm³/mol. The highest BCUT2D eigenvalue weighted by molar-refractivity contribution is 6.30. The Kier molecular flexibility index (Phi) is 4.72. The fraction of sp³-hybridized carbons (Fsp3) is 0. The van der Waals surface area contributed by atoms with Crippen molar-refractivity contribution in [3.63, 3.8) is 0 Å². The quantitative estimate of drug-likeness (QED) is 0.711. The molecule has 1 heterocycles. The third-order valence-electron chi connectivity index (χ3n) is 3.24. The van der Waals surface area contributed by atoms with Gasteiger partial charge in [-0.25, -0.2) is 9.37 Å². The van der Waals surface area contributed by atoms with Gasteiger partial charge in [0.25, 0.3) is 5.91 Å². The first-order chi connectivity index (χ1) is 11.6. The molecule has 24 heavy (non-hydrogen) atoms. The van der Waals surface area contributed by atoms with Gasteiger partial charge in [-0.1, -0.05) is 29.8 Å². The van der Waals surface area contributed by atoms with Gasteiger partial charge in [0.15, 0.2) is 0 Å². The lowest BCUT2D eigenvalue weighted by Gasteiger charge is -2.08. The van der Waals surface area contributed by atoms with Crippen LogP contribution in [0.5, 0.6) is 0 Å². The normalized spacial score (nSPS) is 10.2. The zero-order chi connectivity index (χ0) is 16.9. The molecule has 1 amide bonds. The molecule has 0 atom stereocenters. The van der Waals surface area contributed by atoms with E-state index in [-0.39, 0.29) is 5.56 Å². The summed E-state index contributed by atoms with van der Waals surface area (Å²) in [6.45, 7) is 0. The number of hydrogen-bond donors (Lipinski definition) is 2. The van der Waals surface area contributed by atoms with Crippen molar-refractivity contribution in [3.8, 4) is 0 Å². The van der Waals surface area contributed by atoms with Gasteiger partial charge in [0, 0.05) is 10.7 Å². The molecule has 0 unspecified atom stereocenters. The van der Waals surface area contributed by atoms with Crippen molar-refractivity contribution in [3.05, 3.63) is 83.3 Å². The molecule has 4 nitrogen and oxygen atoms in total. The smallest absolute Gasteiger partial charge is 0.258 e. The van der Waals surface area contributed by atoms with E-state index in [1.54, 1.807) is 30.3 Å². The summed E-state index contributed by atoms with van der Waals surface area (Å²) in [5.74, 6) is -0.492. The molecule has 6 heteroatoms. The predicted octanol–water partition coefficient (Wildman–Crippen LogP) is 4.87. The van der Waals surface area contributed by atoms with Crippen LogP contribution in [0.15, 0.2) is 66.9 Å². The van der Waals surface area contributed by atoms with Crippen LogP contribution in [0.1, 0.15) is 10.4 Å². The Bertz CT molecular complexity index is 868. The molecule has 1 aromatic heterocycles. The highest BCUT2D eigenvalue weighted by Gasteiger charge is 2.11. The zero-order valence-electron chi connectivity index (χ0n) is 12.5. The molecular weight excluding hydrogens is 329 g/mol. The summed E-state index contributed by atoms with van der Waals surface area (Å²) in [5.41, 5.74) is 1.26. The van der Waals surface area contributed by atoms with Gasteiger partial charge >= 0.3 is 0 Å². The Labute approximate surface area is 143 Å². The van der Waals surface area contributed by atoms with E-state index >= 15 is 0 Å². The summed E-state index contributed by atoms with van der Waals surface area (Å²) >= 11 is 5.93. The minimum Gasteiger partial charge on any atom is -0.340 e. The van der Waals surface area contributed by atoms with Crippen LogP contribution in [0, 0.1) is 5.82 Å². The van der Waals surface area contributed by atoms with E-state index in [1.807, 2.05) is 12.1 Å². The number of nitrogens with one attached hydrogen (secondary N) is 2. The average molecular weight is 342 g/mol. The number of amides is 1. The lowest BCUT2D eigenvalue weighted by atomic mass is 10.2. The average Bonchev–Trinajstić information content (AvgIpc) is 2.57. The van der Waals surface area contributed by atoms with Gasteiger partial charge in [-0.2, -0.15) is 0 Å². The van der Waals surface area contributed by atoms with Crippen LogP contribution < -0.4 is 10.6 Å². The Balaban J connectivity index is 1.68. The van der Waals surface area contributed by atoms with E-state index in [4.69, 9.17) is 11.6 Å². The molecule has 0 fully saturated rings. The third kappa shape index (κ3) is 3.88. The van der Waals surface area contributed by atoms with E-state index in [2.05, 4.69) is 15.6 Å². The molecule has 120 valence electrons. The zero-order valence-corrected chi connectivity index (χ0v) is 13.2. The highest BCUT2D eigenvalue weighted by Crippen LogP contribution is 2.20. The molecule has 0 aliphatic heterocycles. The molecule has 0 spiro atoms. The lowest BCUT2D eigenvalue weighted by molar-refractivity contribution is 0.102. The number of pyridine rings is 1. The van der Waals surface area contributed by atoms with Crippen molar-refractivity contribution in [1.82, 2.24) is 4.98 Å². The minimum atomic E-state index is -0.567. The molecule has 0 aliphatic rings. The number of halogens is 2. The standard InChI is InChI=1S/C18H13ClFN3O/c19-12-4-3-5-13(10-12)22-17-9-8-14(11-21-17)23-18(24)15-6-1-2-7-16(15)20/h1-11H,(H,21,22)(H,23,24). The van der Waals surface area contributed by atoms with Crippen molar-refractivity contribution in [2.75, 3.05) is 10.6 Å². The first-order valence-corrected chi connectivity index (χ1v) is 7.54. The second kappa shape index (κ2) is 7.10. The SMILES string of the molecule is O=C(Nc1ccc(Nc2cccc(Cl)c2)nc1)c1ccccc1F. The van der Waals surface area contributed by atoms with Crippen molar-refractivity contribution < 1.29 is 9.18 Å². The van der Waals surface area contributed by atoms with Gasteiger partial charge in [0.05, 0.1) is 17.4 Å². The Morgan fingerprint density at radius 2 is 1.83 bits per heavy atom. The number of carbonyl (C=O) groups is 1. The molecule has 3 rings (SSSR count). The number of hydrogen-bond acceptors (Lipinski definition) is 3. The maximum atomic E-state index is 13.6. The molecule has 2 N–H and O–H groups in total. The van der Waals surface area contributed by atoms with Crippen LogP contribution in [-0.2, 0) is 0 Å². The van der Waals surface area contributed by atoms with Crippen LogP contribution in [-0.4, -0.2) is 10.9 Å². The second-order valence-corrected chi connectivity index (χ2v) is 5.44. The topological polar surface area (TPSA) is 54.0 Å². The van der Waals surface area contributed by atoms with Crippen LogP contribution in [0.25, 0.3) is 0 Å². The number of rotatable bonds is 4. The summed E-state index contributed by atoms with van der Waals surface area (Å²) in [6.07, 6.45) is 1.49. The monoisotopic (exact) mass is 341 g/mol. The fourth-order valence-corrected chi connectivity index (χ4v) is 2.29. The van der Waals surface area contributed by atoms with Crippen molar-refractivity contribution in [2.45, 2.75) is 0 Å².